The Bertz CT molecular complexity index is 1330. The molecule has 2 heterocycles. The predicted octanol–water partition coefficient (Wildman–Crippen LogP) is 3.19. The summed E-state index contributed by atoms with van der Waals surface area (Å²) in [6.07, 6.45) is 0. The molecule has 35 heavy (non-hydrogen) atoms. The fraction of sp³-hybridized carbons (Fsp3) is 0.208. The van der Waals surface area contributed by atoms with Crippen LogP contribution in [0.2, 0.25) is 0 Å². The predicted molar refractivity (Wildman–Crippen MR) is 122 cm³/mol. The number of rotatable bonds is 9. The third-order valence-corrected chi connectivity index (χ3v) is 4.99. The molecule has 1 N–H and O–H groups in total. The third-order valence-electron chi connectivity index (χ3n) is 4.99. The standard InChI is InChI=1S/C24H22N4O7/c1-14-21(22(28-35-14)15-7-5-4-6-8-15)24-27-26-19(34-24)13-33-20(29)12-25-23(30)16-9-10-17(31-2)18(11-16)32-3/h4-11H,12-13H2,1-3H3,(H,25,30). The van der Waals surface area contributed by atoms with Crippen molar-refractivity contribution in [3.8, 4) is 34.2 Å². The van der Waals surface area contributed by atoms with Crippen molar-refractivity contribution >= 4 is 11.9 Å². The van der Waals surface area contributed by atoms with E-state index in [1.54, 1.807) is 19.1 Å². The van der Waals surface area contributed by atoms with Crippen LogP contribution in [0.5, 0.6) is 11.5 Å². The van der Waals surface area contributed by atoms with Gasteiger partial charge in [-0.2, -0.15) is 0 Å². The first-order valence-corrected chi connectivity index (χ1v) is 10.5. The van der Waals surface area contributed by atoms with Crippen LogP contribution in [0.15, 0.2) is 57.5 Å². The number of amides is 1. The molecule has 0 unspecified atom stereocenters. The Hall–Kier alpha value is -4.67. The highest BCUT2D eigenvalue weighted by Gasteiger charge is 2.22. The number of benzene rings is 2. The van der Waals surface area contributed by atoms with Crippen molar-refractivity contribution < 1.29 is 32.7 Å². The van der Waals surface area contributed by atoms with Gasteiger partial charge >= 0.3 is 5.97 Å². The minimum absolute atomic E-state index is 0.0826. The quantitative estimate of drug-likeness (QED) is 0.357. The van der Waals surface area contributed by atoms with Gasteiger partial charge in [-0.3, -0.25) is 9.59 Å². The van der Waals surface area contributed by atoms with Gasteiger partial charge < -0.3 is 28.5 Å². The van der Waals surface area contributed by atoms with Gasteiger partial charge in [0.15, 0.2) is 18.1 Å². The second-order valence-electron chi connectivity index (χ2n) is 7.24. The SMILES string of the molecule is COc1ccc(C(=O)NCC(=O)OCc2nnc(-c3c(-c4ccccc4)noc3C)o2)cc1OC. The fourth-order valence-electron chi connectivity index (χ4n) is 3.26. The van der Waals surface area contributed by atoms with E-state index in [2.05, 4.69) is 20.7 Å². The van der Waals surface area contributed by atoms with Gasteiger partial charge in [0.1, 0.15) is 23.6 Å². The number of nitrogens with one attached hydrogen (secondary N) is 1. The molecule has 0 radical (unpaired) electrons. The molecule has 4 aromatic rings. The Labute approximate surface area is 200 Å². The van der Waals surface area contributed by atoms with Gasteiger partial charge in [-0.15, -0.1) is 10.2 Å². The Morgan fingerprint density at radius 3 is 2.51 bits per heavy atom. The van der Waals surface area contributed by atoms with Gasteiger partial charge in [0, 0.05) is 11.1 Å². The van der Waals surface area contributed by atoms with Crippen molar-refractivity contribution in [3.63, 3.8) is 0 Å². The lowest BCUT2D eigenvalue weighted by Gasteiger charge is -2.09. The molecule has 2 aromatic carbocycles. The van der Waals surface area contributed by atoms with Crippen LogP contribution in [0.4, 0.5) is 0 Å². The minimum atomic E-state index is -0.676. The van der Waals surface area contributed by atoms with E-state index >= 15 is 0 Å². The summed E-state index contributed by atoms with van der Waals surface area (Å²) in [4.78, 5) is 24.4. The Kier molecular flexibility index (Phi) is 7.05. The number of esters is 1. The molecule has 0 bridgehead atoms. The maximum absolute atomic E-state index is 12.3. The lowest BCUT2D eigenvalue weighted by Crippen LogP contribution is -2.30. The molecule has 0 aliphatic carbocycles. The smallest absolute Gasteiger partial charge is 0.325 e. The first-order chi connectivity index (χ1) is 17.0. The highest BCUT2D eigenvalue weighted by molar-refractivity contribution is 5.96. The average molecular weight is 478 g/mol. The van der Waals surface area contributed by atoms with Crippen LogP contribution in [0.25, 0.3) is 22.7 Å². The Morgan fingerprint density at radius 2 is 1.77 bits per heavy atom. The van der Waals surface area contributed by atoms with Crippen LogP contribution >= 0.6 is 0 Å². The summed E-state index contributed by atoms with van der Waals surface area (Å²) < 4.78 is 26.4. The minimum Gasteiger partial charge on any atom is -0.493 e. The molecule has 180 valence electrons. The number of hydrogen-bond donors (Lipinski definition) is 1. The fourth-order valence-corrected chi connectivity index (χ4v) is 3.26. The molecule has 0 atom stereocenters. The van der Waals surface area contributed by atoms with Crippen molar-refractivity contribution in [2.24, 2.45) is 0 Å². The number of carbonyl (C=O) groups excluding carboxylic acids is 2. The monoisotopic (exact) mass is 478 g/mol. The second-order valence-corrected chi connectivity index (χ2v) is 7.24. The van der Waals surface area contributed by atoms with Gasteiger partial charge in [0.2, 0.25) is 0 Å². The zero-order valence-electron chi connectivity index (χ0n) is 19.2. The number of ether oxygens (including phenoxy) is 3. The third kappa shape index (κ3) is 5.29. The van der Waals surface area contributed by atoms with Gasteiger partial charge in [0.05, 0.1) is 14.2 Å². The largest absolute Gasteiger partial charge is 0.493 e. The molecule has 0 aliphatic rings. The van der Waals surface area contributed by atoms with Crippen LogP contribution in [0.3, 0.4) is 0 Å². The van der Waals surface area contributed by atoms with E-state index in [0.29, 0.717) is 34.1 Å². The van der Waals surface area contributed by atoms with E-state index in [4.69, 9.17) is 23.2 Å². The van der Waals surface area contributed by atoms with E-state index in [1.807, 2.05) is 30.3 Å². The number of aromatic nitrogens is 3. The van der Waals surface area contributed by atoms with E-state index in [0.717, 1.165) is 5.56 Å². The second kappa shape index (κ2) is 10.5. The normalized spacial score (nSPS) is 10.6. The Balaban J connectivity index is 1.34. The molecule has 4 rings (SSSR count). The molecule has 1 amide bonds. The molecular weight excluding hydrogens is 456 g/mol. The zero-order chi connectivity index (χ0) is 24.8. The molecule has 0 fully saturated rings. The lowest BCUT2D eigenvalue weighted by atomic mass is 10.1. The van der Waals surface area contributed by atoms with E-state index < -0.39 is 11.9 Å². The van der Waals surface area contributed by atoms with Crippen LogP contribution in [0, 0.1) is 6.92 Å². The molecule has 0 saturated carbocycles. The van der Waals surface area contributed by atoms with Crippen LogP contribution in [-0.4, -0.2) is 48.0 Å². The van der Waals surface area contributed by atoms with Crippen molar-refractivity contribution in [3.05, 3.63) is 65.7 Å². The summed E-state index contributed by atoms with van der Waals surface area (Å²) in [5.41, 5.74) is 2.25. The lowest BCUT2D eigenvalue weighted by molar-refractivity contribution is -0.144. The number of methoxy groups -OCH3 is 2. The highest BCUT2D eigenvalue weighted by atomic mass is 16.5. The number of hydrogen-bond acceptors (Lipinski definition) is 10. The summed E-state index contributed by atoms with van der Waals surface area (Å²) in [7, 11) is 2.96. The molecule has 11 nitrogen and oxygen atoms in total. The highest BCUT2D eigenvalue weighted by Crippen LogP contribution is 2.33. The molecular formula is C24H22N4O7. The van der Waals surface area contributed by atoms with Crippen molar-refractivity contribution in [1.82, 2.24) is 20.7 Å². The maximum Gasteiger partial charge on any atom is 0.325 e. The van der Waals surface area contributed by atoms with Crippen molar-refractivity contribution in [2.75, 3.05) is 20.8 Å². The first-order valence-electron chi connectivity index (χ1n) is 10.5. The summed E-state index contributed by atoms with van der Waals surface area (Å²) in [5.74, 6) is 0.514. The maximum atomic E-state index is 12.3. The van der Waals surface area contributed by atoms with Gasteiger partial charge in [-0.25, -0.2) is 0 Å². The first kappa shape index (κ1) is 23.5. The number of nitrogens with zero attached hydrogens (tertiary/aromatic N) is 3. The van der Waals surface area contributed by atoms with Crippen LogP contribution < -0.4 is 14.8 Å². The van der Waals surface area contributed by atoms with Gasteiger partial charge in [-0.05, 0) is 25.1 Å². The summed E-state index contributed by atoms with van der Waals surface area (Å²) >= 11 is 0. The topological polar surface area (TPSA) is 139 Å². The number of carbonyl (C=O) groups is 2. The molecule has 11 heteroatoms. The average Bonchev–Trinajstić information content (AvgIpc) is 3.52. The molecule has 0 spiro atoms. The summed E-state index contributed by atoms with van der Waals surface area (Å²) in [5, 5.41) is 14.5. The molecule has 2 aromatic heterocycles. The molecule has 0 aliphatic heterocycles. The van der Waals surface area contributed by atoms with E-state index in [-0.39, 0.29) is 24.9 Å². The number of aryl methyl sites for hydroxylation is 1. The van der Waals surface area contributed by atoms with Crippen LogP contribution in [0.1, 0.15) is 22.0 Å². The van der Waals surface area contributed by atoms with E-state index in [1.165, 1.54) is 20.3 Å². The van der Waals surface area contributed by atoms with Crippen LogP contribution in [-0.2, 0) is 16.1 Å². The van der Waals surface area contributed by atoms with E-state index in [9.17, 15) is 9.59 Å². The summed E-state index contributed by atoms with van der Waals surface area (Å²) in [6, 6.07) is 14.1. The summed E-state index contributed by atoms with van der Waals surface area (Å²) in [6.45, 7) is 1.12. The zero-order valence-corrected chi connectivity index (χ0v) is 19.2. The Morgan fingerprint density at radius 1 is 1.00 bits per heavy atom. The molecule has 0 saturated heterocycles. The van der Waals surface area contributed by atoms with Gasteiger partial charge in [0.25, 0.3) is 17.7 Å². The van der Waals surface area contributed by atoms with Crippen molar-refractivity contribution in [2.45, 2.75) is 13.5 Å². The van der Waals surface area contributed by atoms with Crippen molar-refractivity contribution in [1.29, 1.82) is 0 Å². The van der Waals surface area contributed by atoms with Gasteiger partial charge in [-0.1, -0.05) is 35.5 Å².